The molecule has 0 aromatic rings. The van der Waals surface area contributed by atoms with Crippen molar-refractivity contribution >= 4 is 18.0 Å². The Morgan fingerprint density at radius 2 is 1.67 bits per heavy atom. The van der Waals surface area contributed by atoms with E-state index >= 15 is 0 Å². The van der Waals surface area contributed by atoms with Crippen LogP contribution in [0.25, 0.3) is 0 Å². The average Bonchev–Trinajstić information content (AvgIpc) is 2.22. The van der Waals surface area contributed by atoms with Crippen LogP contribution < -0.4 is 10.6 Å². The van der Waals surface area contributed by atoms with Crippen molar-refractivity contribution in [3.63, 3.8) is 0 Å². The van der Waals surface area contributed by atoms with E-state index in [0.717, 1.165) is 0 Å². The minimum atomic E-state index is -1.14. The molecule has 104 valence electrons. The number of urea groups is 1. The summed E-state index contributed by atoms with van der Waals surface area (Å²) in [5.74, 6) is -1.74. The zero-order chi connectivity index (χ0) is 14.5. The number of carbonyl (C=O) groups is 3. The second-order valence-corrected chi connectivity index (χ2v) is 5.00. The lowest BCUT2D eigenvalue weighted by Gasteiger charge is -2.28. The second-order valence-electron chi connectivity index (χ2n) is 5.00. The predicted molar refractivity (Wildman–Crippen MR) is 64.0 cm³/mol. The van der Waals surface area contributed by atoms with Crippen molar-refractivity contribution in [3.8, 4) is 0 Å². The molecule has 2 atom stereocenters. The van der Waals surface area contributed by atoms with E-state index in [0.29, 0.717) is 0 Å². The van der Waals surface area contributed by atoms with Gasteiger partial charge in [-0.1, -0.05) is 20.8 Å². The molecular formula is C11H20N2O5. The quantitative estimate of drug-likeness (QED) is 0.632. The molecule has 3 N–H and O–H groups in total. The molecule has 7 heteroatoms. The first kappa shape index (κ1) is 16.2. The lowest BCUT2D eigenvalue weighted by molar-refractivity contribution is -0.142. The first-order valence-electron chi connectivity index (χ1n) is 5.47. The Kier molecular flexibility index (Phi) is 5.61. The van der Waals surface area contributed by atoms with Gasteiger partial charge in [0.15, 0.2) is 0 Å². The average molecular weight is 260 g/mol. The number of carboxylic acids is 1. The smallest absolute Gasteiger partial charge is 0.328 e. The van der Waals surface area contributed by atoms with Crippen molar-refractivity contribution in [2.24, 2.45) is 5.41 Å². The second kappa shape index (κ2) is 6.23. The normalized spacial score (nSPS) is 14.3. The van der Waals surface area contributed by atoms with Crippen LogP contribution in [-0.2, 0) is 14.3 Å². The summed E-state index contributed by atoms with van der Waals surface area (Å²) in [6, 6.07) is -2.62. The van der Waals surface area contributed by atoms with Crippen LogP contribution in [-0.4, -0.2) is 42.3 Å². The zero-order valence-corrected chi connectivity index (χ0v) is 11.2. The van der Waals surface area contributed by atoms with Crippen molar-refractivity contribution in [1.29, 1.82) is 0 Å². The molecule has 0 rings (SSSR count). The first-order valence-corrected chi connectivity index (χ1v) is 5.47. The molecule has 0 aliphatic heterocycles. The third kappa shape index (κ3) is 5.03. The number of methoxy groups -OCH3 is 1. The van der Waals surface area contributed by atoms with Gasteiger partial charge in [0.2, 0.25) is 0 Å². The molecule has 0 spiro atoms. The number of aliphatic carboxylic acids is 1. The molecule has 0 fully saturated rings. The molecule has 0 bridgehead atoms. The van der Waals surface area contributed by atoms with Gasteiger partial charge in [-0.2, -0.15) is 0 Å². The molecule has 0 saturated heterocycles. The number of ether oxygens (including phenoxy) is 1. The summed E-state index contributed by atoms with van der Waals surface area (Å²) in [5, 5.41) is 13.6. The summed E-state index contributed by atoms with van der Waals surface area (Å²) in [6.45, 7) is 6.51. The largest absolute Gasteiger partial charge is 0.480 e. The maximum atomic E-state index is 11.5. The topological polar surface area (TPSA) is 105 Å². The van der Waals surface area contributed by atoms with Crippen LogP contribution in [0.3, 0.4) is 0 Å². The molecule has 0 aliphatic rings. The van der Waals surface area contributed by atoms with Gasteiger partial charge >= 0.3 is 18.0 Å². The van der Waals surface area contributed by atoms with E-state index in [9.17, 15) is 14.4 Å². The number of rotatable bonds is 4. The van der Waals surface area contributed by atoms with Crippen LogP contribution >= 0.6 is 0 Å². The van der Waals surface area contributed by atoms with E-state index in [1.807, 2.05) is 0 Å². The number of carboxylic acid groups (broad SMARTS) is 1. The van der Waals surface area contributed by atoms with E-state index in [4.69, 9.17) is 5.11 Å². The number of hydrogen-bond donors (Lipinski definition) is 3. The standard InChI is InChI=1S/C11H20N2O5/c1-6(9(16)18-5)12-10(17)13-7(8(14)15)11(2,3)4/h6-7H,1-5H3,(H,14,15)(H2,12,13,17)/t6?,7-/m0/s1. The molecular weight excluding hydrogens is 240 g/mol. The minimum absolute atomic E-state index is 0.604. The Morgan fingerprint density at radius 1 is 1.17 bits per heavy atom. The monoisotopic (exact) mass is 260 g/mol. The van der Waals surface area contributed by atoms with E-state index in [-0.39, 0.29) is 0 Å². The lowest BCUT2D eigenvalue weighted by atomic mass is 9.87. The van der Waals surface area contributed by atoms with Gasteiger partial charge in [-0.15, -0.1) is 0 Å². The summed E-state index contributed by atoms with van der Waals surface area (Å²) in [7, 11) is 1.20. The van der Waals surface area contributed by atoms with Gasteiger partial charge in [-0.25, -0.2) is 14.4 Å². The Hall–Kier alpha value is -1.79. The van der Waals surface area contributed by atoms with Gasteiger partial charge in [-0.3, -0.25) is 0 Å². The fraction of sp³-hybridized carbons (Fsp3) is 0.727. The summed E-state index contributed by atoms with van der Waals surface area (Å²) >= 11 is 0. The number of carbonyl (C=O) groups excluding carboxylic acids is 2. The number of esters is 1. The molecule has 1 unspecified atom stereocenters. The lowest BCUT2D eigenvalue weighted by Crippen LogP contribution is -2.54. The highest BCUT2D eigenvalue weighted by Crippen LogP contribution is 2.19. The van der Waals surface area contributed by atoms with E-state index < -0.39 is 35.5 Å². The maximum Gasteiger partial charge on any atom is 0.328 e. The summed E-state index contributed by atoms with van der Waals surface area (Å²) in [6.07, 6.45) is 0. The van der Waals surface area contributed by atoms with Crippen molar-refractivity contribution < 1.29 is 24.2 Å². The molecule has 0 aromatic carbocycles. The summed E-state index contributed by atoms with van der Waals surface area (Å²) in [5.41, 5.74) is -0.641. The van der Waals surface area contributed by atoms with Gasteiger partial charge in [0.05, 0.1) is 7.11 Å². The highest BCUT2D eigenvalue weighted by atomic mass is 16.5. The SMILES string of the molecule is COC(=O)C(C)NC(=O)N[C@@H](C(=O)O)C(C)(C)C. The van der Waals surface area contributed by atoms with E-state index in [1.54, 1.807) is 20.8 Å². The van der Waals surface area contributed by atoms with Crippen LogP contribution in [0.15, 0.2) is 0 Å². The Balaban J connectivity index is 4.54. The molecule has 0 aliphatic carbocycles. The Bertz CT molecular complexity index is 335. The molecule has 0 radical (unpaired) electrons. The van der Waals surface area contributed by atoms with Crippen molar-refractivity contribution in [2.75, 3.05) is 7.11 Å². The third-order valence-corrected chi connectivity index (χ3v) is 2.29. The molecule has 0 aromatic heterocycles. The minimum Gasteiger partial charge on any atom is -0.480 e. The molecule has 18 heavy (non-hydrogen) atoms. The molecule has 0 saturated carbocycles. The van der Waals surface area contributed by atoms with Crippen LogP contribution in [0.5, 0.6) is 0 Å². The van der Waals surface area contributed by atoms with Gasteiger partial charge in [0.1, 0.15) is 12.1 Å². The van der Waals surface area contributed by atoms with Crippen LogP contribution in [0, 0.1) is 5.41 Å². The van der Waals surface area contributed by atoms with E-state index in [2.05, 4.69) is 15.4 Å². The van der Waals surface area contributed by atoms with Crippen molar-refractivity contribution in [3.05, 3.63) is 0 Å². The van der Waals surface area contributed by atoms with Gasteiger partial charge in [-0.05, 0) is 12.3 Å². The number of nitrogens with one attached hydrogen (secondary N) is 2. The fourth-order valence-electron chi connectivity index (χ4n) is 1.25. The van der Waals surface area contributed by atoms with Gasteiger partial charge in [0.25, 0.3) is 0 Å². The fourth-order valence-corrected chi connectivity index (χ4v) is 1.25. The number of hydrogen-bond acceptors (Lipinski definition) is 4. The maximum absolute atomic E-state index is 11.5. The predicted octanol–water partition coefficient (Wildman–Crippen LogP) is 0.346. The molecule has 7 nitrogen and oxygen atoms in total. The highest BCUT2D eigenvalue weighted by Gasteiger charge is 2.33. The zero-order valence-electron chi connectivity index (χ0n) is 11.2. The highest BCUT2D eigenvalue weighted by molar-refractivity contribution is 5.86. The van der Waals surface area contributed by atoms with Crippen LogP contribution in [0.4, 0.5) is 4.79 Å². The van der Waals surface area contributed by atoms with E-state index in [1.165, 1.54) is 14.0 Å². The number of amides is 2. The van der Waals surface area contributed by atoms with Crippen LogP contribution in [0.1, 0.15) is 27.7 Å². The third-order valence-electron chi connectivity index (χ3n) is 2.29. The van der Waals surface area contributed by atoms with Gasteiger partial charge in [0, 0.05) is 0 Å². The van der Waals surface area contributed by atoms with Crippen molar-refractivity contribution in [2.45, 2.75) is 39.8 Å². The molecule has 2 amide bonds. The summed E-state index contributed by atoms with van der Waals surface area (Å²) in [4.78, 5) is 33.6. The first-order chi connectivity index (χ1) is 8.09. The summed E-state index contributed by atoms with van der Waals surface area (Å²) < 4.78 is 4.43. The van der Waals surface area contributed by atoms with Crippen molar-refractivity contribution in [1.82, 2.24) is 10.6 Å². The van der Waals surface area contributed by atoms with Crippen LogP contribution in [0.2, 0.25) is 0 Å². The molecule has 0 heterocycles. The Labute approximate surface area is 106 Å². The van der Waals surface area contributed by atoms with Gasteiger partial charge < -0.3 is 20.5 Å². The Morgan fingerprint density at radius 3 is 2.00 bits per heavy atom.